The fourth-order valence-electron chi connectivity index (χ4n) is 1.66. The van der Waals surface area contributed by atoms with E-state index in [4.69, 9.17) is 0 Å². The summed E-state index contributed by atoms with van der Waals surface area (Å²) in [6, 6.07) is 8.08. The molecule has 0 N–H and O–H groups in total. The molecule has 94 valence electrons. The lowest BCUT2D eigenvalue weighted by Gasteiger charge is -2.07. The summed E-state index contributed by atoms with van der Waals surface area (Å²) < 4.78 is 46.4. The van der Waals surface area contributed by atoms with Crippen molar-refractivity contribution in [2.75, 3.05) is 11.5 Å². The van der Waals surface area contributed by atoms with E-state index in [-0.39, 0.29) is 21.7 Å². The van der Waals surface area contributed by atoms with Crippen LogP contribution < -0.4 is 0 Å². The van der Waals surface area contributed by atoms with Gasteiger partial charge in [-0.05, 0) is 29.3 Å². The Kier molecular flexibility index (Phi) is 3.51. The predicted octanol–water partition coefficient (Wildman–Crippen LogP) is 1.30. The molecule has 1 aromatic carbocycles. The molecule has 0 radical (unpaired) electrons. The molecule has 0 saturated carbocycles. The van der Waals surface area contributed by atoms with Crippen LogP contribution in [0.1, 0.15) is 6.42 Å². The van der Waals surface area contributed by atoms with Crippen molar-refractivity contribution in [3.8, 4) is 0 Å². The van der Waals surface area contributed by atoms with Gasteiger partial charge in [0.25, 0.3) is 0 Å². The topological polar surface area (TPSA) is 68.3 Å². The van der Waals surface area contributed by atoms with E-state index in [1.54, 1.807) is 18.2 Å². The highest BCUT2D eigenvalue weighted by atomic mass is 33.1. The Labute approximate surface area is 105 Å². The Bertz CT molecular complexity index is 590. The molecule has 7 heteroatoms. The lowest BCUT2D eigenvalue weighted by atomic mass is 10.4. The Balaban J connectivity index is 2.15. The van der Waals surface area contributed by atoms with Gasteiger partial charge in [-0.15, -0.1) is 0 Å². The summed E-state index contributed by atoms with van der Waals surface area (Å²) in [4.78, 5) is 0.231. The van der Waals surface area contributed by atoms with Gasteiger partial charge in [0.1, 0.15) is 0 Å². The smallest absolute Gasteiger partial charge is 0.229 e. The maximum absolute atomic E-state index is 12.0. The first-order chi connectivity index (χ1) is 7.89. The van der Waals surface area contributed by atoms with Gasteiger partial charge in [-0.2, -0.15) is 0 Å². The zero-order valence-corrected chi connectivity index (χ0v) is 11.4. The maximum Gasteiger partial charge on any atom is 0.230 e. The van der Waals surface area contributed by atoms with Crippen molar-refractivity contribution in [3.63, 3.8) is 0 Å². The minimum Gasteiger partial charge on any atom is -0.229 e. The fourth-order valence-corrected chi connectivity index (χ4v) is 7.90. The van der Waals surface area contributed by atoms with E-state index >= 15 is 0 Å². The van der Waals surface area contributed by atoms with E-state index < -0.39 is 18.7 Å². The van der Waals surface area contributed by atoms with Crippen molar-refractivity contribution in [3.05, 3.63) is 30.3 Å². The third kappa shape index (κ3) is 3.23. The second kappa shape index (κ2) is 4.62. The Morgan fingerprint density at radius 3 is 2.35 bits per heavy atom. The van der Waals surface area contributed by atoms with Crippen molar-refractivity contribution >= 4 is 29.5 Å². The summed E-state index contributed by atoms with van der Waals surface area (Å²) in [5.41, 5.74) is 0. The Morgan fingerprint density at radius 1 is 1.18 bits per heavy atom. The summed E-state index contributed by atoms with van der Waals surface area (Å²) in [7, 11) is -5.72. The minimum absolute atomic E-state index is 0.0380. The molecule has 1 saturated heterocycles. The van der Waals surface area contributed by atoms with Crippen LogP contribution in [0.5, 0.6) is 0 Å². The normalized spacial score (nSPS) is 23.6. The van der Waals surface area contributed by atoms with Crippen LogP contribution in [0.15, 0.2) is 35.2 Å². The molecule has 1 atom stereocenters. The van der Waals surface area contributed by atoms with E-state index in [9.17, 15) is 16.8 Å². The van der Waals surface area contributed by atoms with Gasteiger partial charge < -0.3 is 0 Å². The van der Waals surface area contributed by atoms with E-state index in [1.165, 1.54) is 12.1 Å². The quantitative estimate of drug-likeness (QED) is 0.785. The van der Waals surface area contributed by atoms with Crippen LogP contribution in [0.2, 0.25) is 0 Å². The Hall–Kier alpha value is -0.530. The highest BCUT2D eigenvalue weighted by Crippen LogP contribution is 2.32. The molecule has 1 fully saturated rings. The molecule has 0 aromatic heterocycles. The molecule has 0 amide bonds. The van der Waals surface area contributed by atoms with Crippen LogP contribution in [-0.4, -0.2) is 33.6 Å². The molecule has 1 heterocycles. The van der Waals surface area contributed by atoms with Gasteiger partial charge in [0.05, 0.1) is 16.4 Å². The van der Waals surface area contributed by atoms with E-state index in [1.807, 2.05) is 0 Å². The third-order valence-electron chi connectivity index (χ3n) is 2.49. The second-order valence-corrected chi connectivity index (χ2v) is 10.2. The number of hydrogen-bond acceptors (Lipinski definition) is 5. The molecule has 1 aliphatic heterocycles. The third-order valence-corrected chi connectivity index (χ3v) is 8.40. The first kappa shape index (κ1) is 12.9. The molecule has 17 heavy (non-hydrogen) atoms. The van der Waals surface area contributed by atoms with Crippen LogP contribution in [0, 0.1) is 0 Å². The second-order valence-electron chi connectivity index (χ2n) is 3.89. The molecule has 0 unspecified atom stereocenters. The van der Waals surface area contributed by atoms with Crippen LogP contribution in [0.25, 0.3) is 0 Å². The van der Waals surface area contributed by atoms with Crippen molar-refractivity contribution < 1.29 is 16.8 Å². The largest absolute Gasteiger partial charge is 0.230 e. The molecule has 0 aliphatic carbocycles. The number of benzene rings is 1. The van der Waals surface area contributed by atoms with Crippen molar-refractivity contribution in [2.45, 2.75) is 16.6 Å². The molecule has 1 aliphatic rings. The monoisotopic (exact) mass is 292 g/mol. The van der Waals surface area contributed by atoms with Crippen LogP contribution in [0.4, 0.5) is 0 Å². The number of sulfone groups is 1. The van der Waals surface area contributed by atoms with Crippen LogP contribution >= 0.6 is 10.8 Å². The zero-order chi connectivity index (χ0) is 12.5. The highest BCUT2D eigenvalue weighted by molar-refractivity contribution is 8.72. The molecule has 0 bridgehead atoms. The summed E-state index contributed by atoms with van der Waals surface area (Å²) in [6.45, 7) is 0. The maximum atomic E-state index is 12.0. The lowest BCUT2D eigenvalue weighted by Crippen LogP contribution is -2.09. The Morgan fingerprint density at radius 2 is 1.82 bits per heavy atom. The van der Waals surface area contributed by atoms with E-state index in [0.29, 0.717) is 6.42 Å². The van der Waals surface area contributed by atoms with Gasteiger partial charge in [-0.1, -0.05) is 18.2 Å². The first-order valence-corrected chi connectivity index (χ1v) is 9.78. The average molecular weight is 292 g/mol. The van der Waals surface area contributed by atoms with Crippen molar-refractivity contribution in [1.29, 1.82) is 0 Å². The number of hydrogen-bond donors (Lipinski definition) is 0. The first-order valence-electron chi connectivity index (χ1n) is 5.08. The van der Waals surface area contributed by atoms with Gasteiger partial charge in [0.15, 0.2) is 9.84 Å². The predicted molar refractivity (Wildman–Crippen MR) is 68.3 cm³/mol. The molecule has 0 spiro atoms. The molecule has 4 nitrogen and oxygen atoms in total. The molecule has 1 aromatic rings. The minimum atomic E-state index is -3.44. The summed E-state index contributed by atoms with van der Waals surface area (Å²) in [6.07, 6.45) is 0.416. The van der Waals surface area contributed by atoms with Gasteiger partial charge in [0.2, 0.25) is 8.87 Å². The van der Waals surface area contributed by atoms with E-state index in [0.717, 1.165) is 10.8 Å². The van der Waals surface area contributed by atoms with Crippen LogP contribution in [0.3, 0.4) is 0 Å². The SMILES string of the molecule is O=S1(=O)CC[C@H](SS(=O)(=O)c2ccccc2)C1. The summed E-state index contributed by atoms with van der Waals surface area (Å²) in [5, 5.41) is -0.342. The van der Waals surface area contributed by atoms with Crippen LogP contribution in [-0.2, 0) is 18.7 Å². The van der Waals surface area contributed by atoms with Gasteiger partial charge in [-0.3, -0.25) is 0 Å². The van der Waals surface area contributed by atoms with Crippen molar-refractivity contribution in [2.24, 2.45) is 0 Å². The van der Waals surface area contributed by atoms with Gasteiger partial charge in [0, 0.05) is 5.25 Å². The number of rotatable bonds is 3. The molecular formula is C10H12O4S3. The lowest BCUT2D eigenvalue weighted by molar-refractivity contribution is 0.602. The summed E-state index contributed by atoms with van der Waals surface area (Å²) >= 11 is 0. The zero-order valence-electron chi connectivity index (χ0n) is 8.94. The fraction of sp³-hybridized carbons (Fsp3) is 0.400. The van der Waals surface area contributed by atoms with Gasteiger partial charge in [-0.25, -0.2) is 16.8 Å². The standard InChI is InChI=1S/C10H12O4S3/c11-16(12)7-6-9(8-16)15-17(13,14)10-4-2-1-3-5-10/h1-5,9H,6-8H2/t9-/m0/s1. The highest BCUT2D eigenvalue weighted by Gasteiger charge is 2.32. The van der Waals surface area contributed by atoms with Crippen molar-refractivity contribution in [1.82, 2.24) is 0 Å². The molecular weight excluding hydrogens is 280 g/mol. The van der Waals surface area contributed by atoms with Gasteiger partial charge >= 0.3 is 0 Å². The summed E-state index contributed by atoms with van der Waals surface area (Å²) in [5.74, 6) is 0.0543. The van der Waals surface area contributed by atoms with E-state index in [2.05, 4.69) is 0 Å². The molecule has 2 rings (SSSR count). The average Bonchev–Trinajstić information content (AvgIpc) is 2.58.